The highest BCUT2D eigenvalue weighted by Gasteiger charge is 2.30. The first-order chi connectivity index (χ1) is 18.3. The molecule has 1 aliphatic rings. The molecule has 1 fully saturated rings. The fourth-order valence-corrected chi connectivity index (χ4v) is 4.39. The Labute approximate surface area is 218 Å². The number of halogens is 3. The number of hydrogen-bond acceptors (Lipinski definition) is 5. The quantitative estimate of drug-likeness (QED) is 0.366. The molecule has 10 heteroatoms. The number of carbonyl (C=O) groups excluding carboxylic acids is 1. The second-order valence-corrected chi connectivity index (χ2v) is 9.32. The van der Waals surface area contributed by atoms with Crippen molar-refractivity contribution in [1.29, 1.82) is 0 Å². The number of piperazine rings is 1. The van der Waals surface area contributed by atoms with E-state index in [2.05, 4.69) is 20.2 Å². The second kappa shape index (κ2) is 11.2. The van der Waals surface area contributed by atoms with Gasteiger partial charge in [-0.3, -0.25) is 14.6 Å². The lowest BCUT2D eigenvalue weighted by Gasteiger charge is -2.34. The average Bonchev–Trinajstić information content (AvgIpc) is 3.59. The van der Waals surface area contributed by atoms with Gasteiger partial charge in [-0.1, -0.05) is 30.3 Å². The van der Waals surface area contributed by atoms with Crippen molar-refractivity contribution in [3.05, 3.63) is 95.9 Å². The maximum atomic E-state index is 12.7. The standard InChI is InChI=1S/C28H28F3N5O2/c29-28(30,31)23-8-6-21(7-9-23)18-34-12-14-35(15-13-34)20-32-27(37)17-22-16-26(38-19-22)25-10-11-36(33-25)24-4-2-1-3-5-24/h1-11,16,19H,12-15,17-18,20H2,(H,32,37). The molecular formula is C28H28F3N5O2. The predicted octanol–water partition coefficient (Wildman–Crippen LogP) is 4.59. The van der Waals surface area contributed by atoms with Gasteiger partial charge in [0.25, 0.3) is 0 Å². The molecule has 0 atom stereocenters. The van der Waals surface area contributed by atoms with Crippen LogP contribution in [0.3, 0.4) is 0 Å². The van der Waals surface area contributed by atoms with Crippen molar-refractivity contribution in [1.82, 2.24) is 24.9 Å². The number of carbonyl (C=O) groups is 1. The van der Waals surface area contributed by atoms with Crippen molar-refractivity contribution in [3.8, 4) is 17.1 Å². The molecule has 1 N–H and O–H groups in total. The molecule has 5 rings (SSSR count). The lowest BCUT2D eigenvalue weighted by atomic mass is 10.1. The van der Waals surface area contributed by atoms with E-state index in [0.29, 0.717) is 24.7 Å². The topological polar surface area (TPSA) is 66.5 Å². The highest BCUT2D eigenvalue weighted by Crippen LogP contribution is 2.29. The van der Waals surface area contributed by atoms with Gasteiger partial charge in [0.05, 0.1) is 30.6 Å². The zero-order valence-electron chi connectivity index (χ0n) is 20.7. The summed E-state index contributed by atoms with van der Waals surface area (Å²) in [6.07, 6.45) is -0.669. The van der Waals surface area contributed by atoms with Crippen molar-refractivity contribution in [2.45, 2.75) is 19.1 Å². The third-order valence-corrected chi connectivity index (χ3v) is 6.53. The van der Waals surface area contributed by atoms with E-state index in [1.807, 2.05) is 48.7 Å². The van der Waals surface area contributed by atoms with E-state index in [1.165, 1.54) is 12.1 Å². The molecule has 3 heterocycles. The molecular weight excluding hydrogens is 495 g/mol. The third kappa shape index (κ3) is 6.51. The fourth-order valence-electron chi connectivity index (χ4n) is 4.39. The highest BCUT2D eigenvalue weighted by molar-refractivity contribution is 5.78. The number of rotatable bonds is 8. The van der Waals surface area contributed by atoms with Crippen LogP contribution in [0.4, 0.5) is 13.2 Å². The Morgan fingerprint density at radius 3 is 2.34 bits per heavy atom. The van der Waals surface area contributed by atoms with Gasteiger partial charge in [-0.15, -0.1) is 0 Å². The van der Waals surface area contributed by atoms with Crippen LogP contribution in [0.1, 0.15) is 16.7 Å². The van der Waals surface area contributed by atoms with Gasteiger partial charge in [-0.25, -0.2) is 4.68 Å². The number of amides is 1. The number of benzene rings is 2. The third-order valence-electron chi connectivity index (χ3n) is 6.53. The van der Waals surface area contributed by atoms with E-state index in [9.17, 15) is 18.0 Å². The van der Waals surface area contributed by atoms with Crippen molar-refractivity contribution >= 4 is 5.91 Å². The van der Waals surface area contributed by atoms with Gasteiger partial charge in [-0.2, -0.15) is 18.3 Å². The van der Waals surface area contributed by atoms with Crippen molar-refractivity contribution in [2.75, 3.05) is 32.8 Å². The molecule has 0 bridgehead atoms. The van der Waals surface area contributed by atoms with Gasteiger partial charge in [0, 0.05) is 44.5 Å². The number of alkyl halides is 3. The first-order valence-corrected chi connectivity index (χ1v) is 12.4. The minimum atomic E-state index is -4.32. The number of furan rings is 1. The van der Waals surface area contributed by atoms with Gasteiger partial charge in [0.1, 0.15) is 5.69 Å². The summed E-state index contributed by atoms with van der Waals surface area (Å²) in [5.74, 6) is 0.506. The molecule has 1 amide bonds. The molecule has 0 aliphatic carbocycles. The molecule has 1 saturated heterocycles. The summed E-state index contributed by atoms with van der Waals surface area (Å²) in [4.78, 5) is 16.9. The normalized spacial score (nSPS) is 15.0. The smallest absolute Gasteiger partial charge is 0.416 e. The van der Waals surface area contributed by atoms with Crippen LogP contribution in [0.15, 0.2) is 83.6 Å². The average molecular weight is 524 g/mol. The second-order valence-electron chi connectivity index (χ2n) is 9.32. The molecule has 1 aliphatic heterocycles. The summed E-state index contributed by atoms with van der Waals surface area (Å²) >= 11 is 0. The first kappa shape index (κ1) is 25.7. The Bertz CT molecular complexity index is 1340. The maximum Gasteiger partial charge on any atom is 0.416 e. The molecule has 198 valence electrons. The summed E-state index contributed by atoms with van der Waals surface area (Å²) in [5.41, 5.74) is 2.63. The molecule has 2 aromatic heterocycles. The Kier molecular flexibility index (Phi) is 7.62. The number of nitrogens with zero attached hydrogens (tertiary/aromatic N) is 4. The number of hydrogen-bond donors (Lipinski definition) is 1. The summed E-state index contributed by atoms with van der Waals surface area (Å²) < 4.78 is 45.7. The predicted molar refractivity (Wildman–Crippen MR) is 136 cm³/mol. The zero-order chi connectivity index (χ0) is 26.5. The van der Waals surface area contributed by atoms with Crippen LogP contribution in [0.2, 0.25) is 0 Å². The summed E-state index contributed by atoms with van der Waals surface area (Å²) in [6.45, 7) is 4.13. The van der Waals surface area contributed by atoms with Crippen molar-refractivity contribution < 1.29 is 22.4 Å². The fraction of sp³-hybridized carbons (Fsp3) is 0.286. The van der Waals surface area contributed by atoms with Gasteiger partial charge in [0.15, 0.2) is 5.76 Å². The van der Waals surface area contributed by atoms with Crippen molar-refractivity contribution in [2.24, 2.45) is 0 Å². The number of para-hydroxylation sites is 1. The molecule has 0 saturated carbocycles. The van der Waals surface area contributed by atoms with E-state index in [0.717, 1.165) is 55.1 Å². The Balaban J connectivity index is 1.04. The SMILES string of the molecule is O=C(Cc1coc(-c2ccn(-c3ccccc3)n2)c1)NCN1CCN(Cc2ccc(C(F)(F)F)cc2)CC1. The van der Waals surface area contributed by atoms with Crippen LogP contribution in [0.5, 0.6) is 0 Å². The van der Waals surface area contributed by atoms with Crippen LogP contribution < -0.4 is 5.32 Å². The highest BCUT2D eigenvalue weighted by atomic mass is 19.4. The molecule has 38 heavy (non-hydrogen) atoms. The van der Waals surface area contributed by atoms with E-state index < -0.39 is 11.7 Å². The summed E-state index contributed by atoms with van der Waals surface area (Å²) in [6, 6.07) is 18.8. The number of nitrogens with one attached hydrogen (secondary N) is 1. The van der Waals surface area contributed by atoms with Crippen molar-refractivity contribution in [3.63, 3.8) is 0 Å². The van der Waals surface area contributed by atoms with Crippen LogP contribution in [0, 0.1) is 0 Å². The van der Waals surface area contributed by atoms with Gasteiger partial charge >= 0.3 is 6.18 Å². The maximum absolute atomic E-state index is 12.7. The van der Waals surface area contributed by atoms with Crippen LogP contribution in [-0.2, 0) is 23.9 Å². The Morgan fingerprint density at radius 1 is 0.921 bits per heavy atom. The molecule has 2 aromatic carbocycles. The van der Waals surface area contributed by atoms with E-state index >= 15 is 0 Å². The Hall–Kier alpha value is -3.89. The minimum absolute atomic E-state index is 0.0978. The lowest BCUT2D eigenvalue weighted by Crippen LogP contribution is -2.49. The number of aromatic nitrogens is 2. The molecule has 0 unspecified atom stereocenters. The van der Waals surface area contributed by atoms with E-state index in [1.54, 1.807) is 10.9 Å². The molecule has 7 nitrogen and oxygen atoms in total. The van der Waals surface area contributed by atoms with Crippen LogP contribution >= 0.6 is 0 Å². The van der Waals surface area contributed by atoms with Crippen LogP contribution in [0.25, 0.3) is 17.1 Å². The summed E-state index contributed by atoms with van der Waals surface area (Å²) in [7, 11) is 0. The largest absolute Gasteiger partial charge is 0.462 e. The monoisotopic (exact) mass is 523 g/mol. The zero-order valence-corrected chi connectivity index (χ0v) is 20.7. The molecule has 0 radical (unpaired) electrons. The molecule has 4 aromatic rings. The molecule has 0 spiro atoms. The van der Waals surface area contributed by atoms with E-state index in [-0.39, 0.29) is 12.3 Å². The Morgan fingerprint density at radius 2 is 1.63 bits per heavy atom. The lowest BCUT2D eigenvalue weighted by molar-refractivity contribution is -0.137. The van der Waals surface area contributed by atoms with Gasteiger partial charge in [0.2, 0.25) is 5.91 Å². The minimum Gasteiger partial charge on any atom is -0.462 e. The van der Waals surface area contributed by atoms with E-state index in [4.69, 9.17) is 4.42 Å². The van der Waals surface area contributed by atoms with Gasteiger partial charge < -0.3 is 9.73 Å². The summed E-state index contributed by atoms with van der Waals surface area (Å²) in [5, 5.41) is 7.51. The van der Waals surface area contributed by atoms with Gasteiger partial charge in [-0.05, 0) is 42.0 Å². The first-order valence-electron chi connectivity index (χ1n) is 12.4. The van der Waals surface area contributed by atoms with Crippen LogP contribution in [-0.4, -0.2) is 58.3 Å².